The van der Waals surface area contributed by atoms with Crippen LogP contribution in [0, 0.1) is 0 Å². The summed E-state index contributed by atoms with van der Waals surface area (Å²) in [7, 11) is 0. The molecule has 2 rings (SSSR count). The number of likely N-dealkylation sites (tertiary alicyclic amines) is 1. The Labute approximate surface area is 158 Å². The topological polar surface area (TPSA) is 72.3 Å². The summed E-state index contributed by atoms with van der Waals surface area (Å²) in [6.45, 7) is 5.94. The molecule has 0 saturated carbocycles. The van der Waals surface area contributed by atoms with Crippen LogP contribution in [0.1, 0.15) is 50.7 Å². The highest BCUT2D eigenvalue weighted by Crippen LogP contribution is 2.26. The van der Waals surface area contributed by atoms with Crippen LogP contribution in [-0.4, -0.2) is 29.9 Å². The van der Waals surface area contributed by atoms with Crippen LogP contribution >= 0.6 is 24.8 Å². The van der Waals surface area contributed by atoms with Gasteiger partial charge in [-0.15, -0.1) is 24.8 Å². The van der Waals surface area contributed by atoms with Gasteiger partial charge in [-0.05, 0) is 43.2 Å². The van der Waals surface area contributed by atoms with Gasteiger partial charge in [-0.2, -0.15) is 0 Å². The van der Waals surface area contributed by atoms with E-state index in [9.17, 15) is 4.79 Å². The molecule has 1 atom stereocenters. The van der Waals surface area contributed by atoms with Gasteiger partial charge in [0.15, 0.2) is 0 Å². The monoisotopic (exact) mass is 375 g/mol. The van der Waals surface area contributed by atoms with E-state index in [4.69, 9.17) is 11.5 Å². The molecule has 1 aromatic carbocycles. The van der Waals surface area contributed by atoms with Crippen molar-refractivity contribution < 1.29 is 4.79 Å². The van der Waals surface area contributed by atoms with Gasteiger partial charge in [0, 0.05) is 18.6 Å². The van der Waals surface area contributed by atoms with Crippen LogP contribution in [0.3, 0.4) is 0 Å². The first kappa shape index (κ1) is 23.2. The van der Waals surface area contributed by atoms with E-state index in [-0.39, 0.29) is 36.3 Å². The summed E-state index contributed by atoms with van der Waals surface area (Å²) in [5.41, 5.74) is 14.5. The van der Waals surface area contributed by atoms with Crippen LogP contribution in [0.15, 0.2) is 24.3 Å². The van der Waals surface area contributed by atoms with Crippen molar-refractivity contribution in [1.29, 1.82) is 0 Å². The third-order valence-corrected chi connectivity index (χ3v) is 4.98. The van der Waals surface area contributed by atoms with Gasteiger partial charge in [0.1, 0.15) is 0 Å². The van der Waals surface area contributed by atoms with Gasteiger partial charge in [0.2, 0.25) is 5.91 Å². The smallest absolute Gasteiger partial charge is 0.239 e. The van der Waals surface area contributed by atoms with Crippen LogP contribution in [0.4, 0.5) is 0 Å². The lowest BCUT2D eigenvalue weighted by Crippen LogP contribution is -2.43. The van der Waals surface area contributed by atoms with Gasteiger partial charge in [-0.3, -0.25) is 4.79 Å². The minimum absolute atomic E-state index is 0. The third-order valence-electron chi connectivity index (χ3n) is 4.98. The molecule has 0 aromatic heterocycles. The summed E-state index contributed by atoms with van der Waals surface area (Å²) in [5, 5.41) is 0. The first-order valence-corrected chi connectivity index (χ1v) is 8.43. The Bertz CT molecular complexity index is 497. The Hall–Kier alpha value is -0.810. The number of nitrogens with zero attached hydrogens (tertiary/aromatic N) is 1. The van der Waals surface area contributed by atoms with Crippen molar-refractivity contribution in [3.05, 3.63) is 35.4 Å². The number of hydrogen-bond acceptors (Lipinski definition) is 3. The largest absolute Gasteiger partial charge is 0.341 e. The summed E-state index contributed by atoms with van der Waals surface area (Å²) in [4.78, 5) is 14.1. The Morgan fingerprint density at radius 3 is 2.08 bits per heavy atom. The molecule has 0 radical (unpaired) electrons. The average molecular weight is 376 g/mol. The fraction of sp³-hybridized carbons (Fsp3) is 0.611. The number of carbonyl (C=O) groups is 1. The number of carbonyl (C=O) groups excluding carboxylic acids is 1. The van der Waals surface area contributed by atoms with Crippen molar-refractivity contribution in [2.75, 3.05) is 13.1 Å². The lowest BCUT2D eigenvalue weighted by molar-refractivity contribution is -0.131. The maximum Gasteiger partial charge on any atom is 0.239 e. The molecule has 4 nitrogen and oxygen atoms in total. The first-order valence-electron chi connectivity index (χ1n) is 8.43. The number of amides is 1. The number of halogens is 2. The number of hydrogen-bond donors (Lipinski definition) is 2. The normalized spacial score (nSPS) is 15.4. The summed E-state index contributed by atoms with van der Waals surface area (Å²) < 4.78 is 0. The second kappa shape index (κ2) is 10.2. The van der Waals surface area contributed by atoms with Gasteiger partial charge in [0.25, 0.3) is 0 Å². The second-order valence-corrected chi connectivity index (χ2v) is 6.40. The zero-order valence-corrected chi connectivity index (χ0v) is 16.3. The molecule has 1 aliphatic heterocycles. The van der Waals surface area contributed by atoms with E-state index >= 15 is 0 Å². The standard InChI is InChI=1S/C18H29N3O.2ClH/c1-3-18(20,4-2)15-9-7-14(8-10-15)13-16(19)17(22)21-11-5-6-12-21;;/h7-10,16H,3-6,11-13,19-20H2,1-2H3;2*1H. The van der Waals surface area contributed by atoms with Crippen LogP contribution in [-0.2, 0) is 16.8 Å². The first-order chi connectivity index (χ1) is 10.5. The molecule has 24 heavy (non-hydrogen) atoms. The van der Waals surface area contributed by atoms with Crippen LogP contribution in [0.25, 0.3) is 0 Å². The molecule has 138 valence electrons. The Morgan fingerprint density at radius 2 is 1.62 bits per heavy atom. The minimum atomic E-state index is -0.441. The van der Waals surface area contributed by atoms with Gasteiger partial charge in [-0.25, -0.2) is 0 Å². The lowest BCUT2D eigenvalue weighted by Gasteiger charge is -2.27. The summed E-state index contributed by atoms with van der Waals surface area (Å²) in [5.74, 6) is 0.0804. The van der Waals surface area contributed by atoms with E-state index in [0.29, 0.717) is 6.42 Å². The molecule has 1 aromatic rings. The van der Waals surface area contributed by atoms with Crippen molar-refractivity contribution in [2.24, 2.45) is 11.5 Å². The van der Waals surface area contributed by atoms with E-state index in [1.807, 2.05) is 4.90 Å². The van der Waals surface area contributed by atoms with Gasteiger partial charge >= 0.3 is 0 Å². The van der Waals surface area contributed by atoms with Crippen LogP contribution in [0.5, 0.6) is 0 Å². The highest BCUT2D eigenvalue weighted by atomic mass is 35.5. The lowest BCUT2D eigenvalue weighted by atomic mass is 9.85. The molecule has 0 aliphatic carbocycles. The molecule has 6 heteroatoms. The second-order valence-electron chi connectivity index (χ2n) is 6.40. The van der Waals surface area contributed by atoms with E-state index < -0.39 is 6.04 Å². The predicted octanol–water partition coefficient (Wildman–Crippen LogP) is 3.00. The molecule has 4 N–H and O–H groups in total. The molecule has 0 bridgehead atoms. The molecule has 1 heterocycles. The summed E-state index contributed by atoms with van der Waals surface area (Å²) >= 11 is 0. The molecule has 1 aliphatic rings. The predicted molar refractivity (Wildman–Crippen MR) is 105 cm³/mol. The van der Waals surface area contributed by atoms with Crippen molar-refractivity contribution in [1.82, 2.24) is 4.90 Å². The van der Waals surface area contributed by atoms with Crippen LogP contribution < -0.4 is 11.5 Å². The third kappa shape index (κ3) is 5.35. The van der Waals surface area contributed by atoms with Gasteiger partial charge in [0.05, 0.1) is 6.04 Å². The molecule has 1 fully saturated rings. The van der Waals surface area contributed by atoms with E-state index in [2.05, 4.69) is 38.1 Å². The maximum absolute atomic E-state index is 12.2. The minimum Gasteiger partial charge on any atom is -0.341 e. The fourth-order valence-corrected chi connectivity index (χ4v) is 3.14. The Balaban J connectivity index is 0.00000264. The number of benzene rings is 1. The highest BCUT2D eigenvalue weighted by molar-refractivity contribution is 5.85. The van der Waals surface area contributed by atoms with Crippen molar-refractivity contribution in [2.45, 2.75) is 57.5 Å². The van der Waals surface area contributed by atoms with E-state index in [0.717, 1.165) is 49.9 Å². The Morgan fingerprint density at radius 1 is 1.12 bits per heavy atom. The van der Waals surface area contributed by atoms with Crippen LogP contribution in [0.2, 0.25) is 0 Å². The number of rotatable bonds is 6. The van der Waals surface area contributed by atoms with E-state index in [1.54, 1.807) is 0 Å². The number of nitrogens with two attached hydrogens (primary N) is 2. The van der Waals surface area contributed by atoms with Gasteiger partial charge in [-0.1, -0.05) is 38.1 Å². The fourth-order valence-electron chi connectivity index (χ4n) is 3.14. The van der Waals surface area contributed by atoms with Crippen molar-refractivity contribution in [3.8, 4) is 0 Å². The zero-order valence-electron chi connectivity index (χ0n) is 14.7. The molecular formula is C18H31Cl2N3O. The van der Waals surface area contributed by atoms with Gasteiger partial charge < -0.3 is 16.4 Å². The maximum atomic E-state index is 12.2. The van der Waals surface area contributed by atoms with Crippen molar-refractivity contribution in [3.63, 3.8) is 0 Å². The summed E-state index contributed by atoms with van der Waals surface area (Å²) in [6, 6.07) is 7.83. The molecule has 0 spiro atoms. The highest BCUT2D eigenvalue weighted by Gasteiger charge is 2.25. The molecule has 1 unspecified atom stereocenters. The zero-order chi connectivity index (χ0) is 16.2. The molecule has 1 saturated heterocycles. The molecule has 1 amide bonds. The average Bonchev–Trinajstić information content (AvgIpc) is 3.08. The summed E-state index contributed by atoms with van der Waals surface area (Å²) in [6.07, 6.45) is 4.61. The molecular weight excluding hydrogens is 345 g/mol. The van der Waals surface area contributed by atoms with Crippen molar-refractivity contribution >= 4 is 30.7 Å². The SMILES string of the molecule is CCC(N)(CC)c1ccc(CC(N)C(=O)N2CCCC2)cc1.Cl.Cl. The quantitative estimate of drug-likeness (QED) is 0.802. The van der Waals surface area contributed by atoms with E-state index in [1.165, 1.54) is 0 Å². The Kier molecular flexibility index (Phi) is 9.90.